The van der Waals surface area contributed by atoms with E-state index in [0.717, 1.165) is 11.8 Å². The molecule has 0 heterocycles. The van der Waals surface area contributed by atoms with E-state index >= 15 is 0 Å². The fourth-order valence-corrected chi connectivity index (χ4v) is 2.29. The Bertz CT molecular complexity index is 675. The number of para-hydroxylation sites is 1. The van der Waals surface area contributed by atoms with Crippen molar-refractivity contribution < 1.29 is 13.2 Å². The molecule has 4 nitrogen and oxygen atoms in total. The van der Waals surface area contributed by atoms with Gasteiger partial charge in [-0.05, 0) is 35.3 Å². The third-order valence-electron chi connectivity index (χ3n) is 2.77. The molecule has 0 aliphatic rings. The molecule has 0 aliphatic heterocycles. The Morgan fingerprint density at radius 3 is 2.57 bits per heavy atom. The molecule has 0 amide bonds. The van der Waals surface area contributed by atoms with Gasteiger partial charge in [0.05, 0.1) is 10.6 Å². The van der Waals surface area contributed by atoms with E-state index in [1.54, 1.807) is 0 Å². The van der Waals surface area contributed by atoms with E-state index in [1.807, 2.05) is 37.3 Å². The minimum absolute atomic E-state index is 0.0867. The minimum Gasteiger partial charge on any atom is -0.768 e. The Balaban J connectivity index is 2.37. The number of aliphatic imine (C=N–C) groups is 1. The van der Waals surface area contributed by atoms with Gasteiger partial charge in [-0.25, -0.2) is 9.38 Å². The van der Waals surface area contributed by atoms with Crippen LogP contribution in [0.25, 0.3) is 0 Å². The largest absolute Gasteiger partial charge is 0.768 e. The van der Waals surface area contributed by atoms with E-state index in [0.29, 0.717) is 12.3 Å². The van der Waals surface area contributed by atoms with Crippen LogP contribution in [0.1, 0.15) is 13.3 Å². The molecule has 1 atom stereocenters. The second-order valence-electron chi connectivity index (χ2n) is 4.23. The second-order valence-corrected chi connectivity index (χ2v) is 5.10. The Labute approximate surface area is 125 Å². The van der Waals surface area contributed by atoms with Crippen LogP contribution in [0, 0.1) is 5.82 Å². The number of hydrogen-bond donors (Lipinski definition) is 1. The predicted octanol–water partition coefficient (Wildman–Crippen LogP) is 3.62. The third-order valence-corrected chi connectivity index (χ3v) is 3.50. The van der Waals surface area contributed by atoms with Gasteiger partial charge < -0.3 is 9.87 Å². The van der Waals surface area contributed by atoms with E-state index in [-0.39, 0.29) is 5.69 Å². The summed E-state index contributed by atoms with van der Waals surface area (Å²) >= 11 is -2.68. The SMILES string of the molecule is CCC(=Nc1cccc(F)c1S(=O)[O-])Nc1ccccc1. The molecular formula is C15H14FN2O2S-. The van der Waals surface area contributed by atoms with Crippen LogP contribution >= 0.6 is 0 Å². The normalized spacial score (nSPS) is 13.0. The molecule has 2 aromatic rings. The van der Waals surface area contributed by atoms with Gasteiger partial charge in [0.25, 0.3) is 0 Å². The van der Waals surface area contributed by atoms with Crippen LogP contribution in [0.15, 0.2) is 58.4 Å². The summed E-state index contributed by atoms with van der Waals surface area (Å²) < 4.78 is 35.9. The fourth-order valence-electron chi connectivity index (χ4n) is 1.78. The van der Waals surface area contributed by atoms with Gasteiger partial charge in [-0.2, -0.15) is 0 Å². The number of rotatable bonds is 4. The van der Waals surface area contributed by atoms with E-state index < -0.39 is 21.8 Å². The van der Waals surface area contributed by atoms with Crippen molar-refractivity contribution in [3.8, 4) is 0 Å². The first-order chi connectivity index (χ1) is 10.1. The van der Waals surface area contributed by atoms with Crippen molar-refractivity contribution in [2.45, 2.75) is 18.2 Å². The molecule has 0 radical (unpaired) electrons. The highest BCUT2D eigenvalue weighted by molar-refractivity contribution is 7.79. The van der Waals surface area contributed by atoms with E-state index in [1.165, 1.54) is 12.1 Å². The number of hydrogen-bond acceptors (Lipinski definition) is 3. The zero-order valence-corrected chi connectivity index (χ0v) is 12.2. The lowest BCUT2D eigenvalue weighted by Crippen LogP contribution is -2.10. The zero-order valence-electron chi connectivity index (χ0n) is 11.4. The van der Waals surface area contributed by atoms with Crippen molar-refractivity contribution in [1.82, 2.24) is 0 Å². The summed E-state index contributed by atoms with van der Waals surface area (Å²) in [5.41, 5.74) is 0.919. The van der Waals surface area contributed by atoms with Crippen molar-refractivity contribution in [3.05, 3.63) is 54.3 Å². The molecule has 0 bridgehead atoms. The van der Waals surface area contributed by atoms with Crippen LogP contribution in [-0.4, -0.2) is 14.6 Å². The van der Waals surface area contributed by atoms with Crippen LogP contribution in [0.3, 0.4) is 0 Å². The quantitative estimate of drug-likeness (QED) is 0.533. The molecule has 110 valence electrons. The van der Waals surface area contributed by atoms with Gasteiger partial charge in [-0.1, -0.05) is 31.2 Å². The number of nitrogens with zero attached hydrogens (tertiary/aromatic N) is 1. The van der Waals surface area contributed by atoms with Gasteiger partial charge in [0.15, 0.2) is 0 Å². The standard InChI is InChI=1S/C15H15FN2O2S/c1-2-14(17-11-7-4-3-5-8-11)18-13-10-6-9-12(16)15(13)21(19)20/h3-10H,2H2,1H3,(H,17,18)(H,19,20)/p-1. The Morgan fingerprint density at radius 2 is 1.95 bits per heavy atom. The minimum atomic E-state index is -2.68. The first-order valence-corrected chi connectivity index (χ1v) is 7.46. The monoisotopic (exact) mass is 305 g/mol. The highest BCUT2D eigenvalue weighted by Gasteiger charge is 2.09. The highest BCUT2D eigenvalue weighted by atomic mass is 32.2. The first kappa shape index (κ1) is 15.3. The summed E-state index contributed by atoms with van der Waals surface area (Å²) in [4.78, 5) is 3.81. The van der Waals surface area contributed by atoms with E-state index in [2.05, 4.69) is 10.3 Å². The molecule has 2 aromatic carbocycles. The highest BCUT2D eigenvalue weighted by Crippen LogP contribution is 2.25. The zero-order chi connectivity index (χ0) is 15.2. The molecule has 0 aromatic heterocycles. The summed E-state index contributed by atoms with van der Waals surface area (Å²) in [5.74, 6) is -0.252. The average molecular weight is 305 g/mol. The second kappa shape index (κ2) is 7.10. The van der Waals surface area contributed by atoms with Crippen LogP contribution < -0.4 is 5.32 Å². The van der Waals surface area contributed by atoms with Crippen LogP contribution in [0.4, 0.5) is 15.8 Å². The van der Waals surface area contributed by atoms with Gasteiger partial charge in [0, 0.05) is 12.1 Å². The molecule has 2 rings (SSSR count). The molecule has 0 saturated heterocycles. The Kier molecular flexibility index (Phi) is 5.19. The predicted molar refractivity (Wildman–Crippen MR) is 81.0 cm³/mol. The maximum absolute atomic E-state index is 13.6. The molecule has 0 aliphatic carbocycles. The van der Waals surface area contributed by atoms with Crippen molar-refractivity contribution in [1.29, 1.82) is 0 Å². The molecule has 6 heteroatoms. The van der Waals surface area contributed by atoms with Gasteiger partial charge in [-0.15, -0.1) is 0 Å². The maximum Gasteiger partial charge on any atom is 0.140 e. The maximum atomic E-state index is 13.6. The summed E-state index contributed by atoms with van der Waals surface area (Å²) in [6.45, 7) is 1.88. The number of nitrogens with one attached hydrogen (secondary N) is 1. The van der Waals surface area contributed by atoms with Crippen molar-refractivity contribution in [2.75, 3.05) is 5.32 Å². The number of halogens is 1. The molecule has 0 saturated carbocycles. The average Bonchev–Trinajstić information content (AvgIpc) is 2.47. The molecule has 0 fully saturated rings. The lowest BCUT2D eigenvalue weighted by atomic mass is 10.3. The molecule has 0 spiro atoms. The van der Waals surface area contributed by atoms with E-state index in [9.17, 15) is 13.2 Å². The van der Waals surface area contributed by atoms with Crippen LogP contribution in [0.5, 0.6) is 0 Å². The summed E-state index contributed by atoms with van der Waals surface area (Å²) in [6.07, 6.45) is 0.552. The number of anilines is 1. The molecular weight excluding hydrogens is 291 g/mol. The number of amidine groups is 1. The third kappa shape index (κ3) is 3.96. The Morgan fingerprint density at radius 1 is 1.24 bits per heavy atom. The van der Waals surface area contributed by atoms with Crippen LogP contribution in [0.2, 0.25) is 0 Å². The van der Waals surface area contributed by atoms with Crippen LogP contribution in [-0.2, 0) is 11.1 Å². The Hall–Kier alpha value is -2.05. The summed E-state index contributed by atoms with van der Waals surface area (Å²) in [7, 11) is 0. The summed E-state index contributed by atoms with van der Waals surface area (Å²) in [5, 5.41) is 3.09. The lowest BCUT2D eigenvalue weighted by Gasteiger charge is -2.12. The van der Waals surface area contributed by atoms with Gasteiger partial charge in [-0.3, -0.25) is 4.21 Å². The van der Waals surface area contributed by atoms with Gasteiger partial charge >= 0.3 is 0 Å². The van der Waals surface area contributed by atoms with E-state index in [4.69, 9.17) is 0 Å². The van der Waals surface area contributed by atoms with Gasteiger partial charge in [0.1, 0.15) is 11.7 Å². The molecule has 21 heavy (non-hydrogen) atoms. The smallest absolute Gasteiger partial charge is 0.140 e. The van der Waals surface area contributed by atoms with Crippen molar-refractivity contribution in [3.63, 3.8) is 0 Å². The molecule has 1 unspecified atom stereocenters. The fraction of sp³-hybridized carbons (Fsp3) is 0.133. The van der Waals surface area contributed by atoms with Gasteiger partial charge in [0.2, 0.25) is 0 Å². The summed E-state index contributed by atoms with van der Waals surface area (Å²) in [6, 6.07) is 13.4. The number of benzene rings is 2. The van der Waals surface area contributed by atoms with Crippen molar-refractivity contribution >= 4 is 28.3 Å². The van der Waals surface area contributed by atoms with Crippen molar-refractivity contribution in [2.24, 2.45) is 4.99 Å². The topological polar surface area (TPSA) is 64.5 Å². The first-order valence-electron chi connectivity index (χ1n) is 6.39. The lowest BCUT2D eigenvalue weighted by molar-refractivity contribution is 0.523. The molecule has 1 N–H and O–H groups in total.